The highest BCUT2D eigenvalue weighted by molar-refractivity contribution is 4.77. The molecule has 0 atom stereocenters. The van der Waals surface area contributed by atoms with Crippen molar-refractivity contribution in [3.05, 3.63) is 6.92 Å². The van der Waals surface area contributed by atoms with Crippen molar-refractivity contribution < 1.29 is 13.2 Å². The Bertz CT molecular complexity index is 51.2. The second-order valence-corrected chi connectivity index (χ2v) is 2.15. The van der Waals surface area contributed by atoms with E-state index in [-0.39, 0.29) is 6.42 Å². The van der Waals surface area contributed by atoms with E-state index in [4.69, 9.17) is 0 Å². The fourth-order valence-electron chi connectivity index (χ4n) is 0.308. The van der Waals surface area contributed by atoms with Gasteiger partial charge in [0.25, 0.3) is 0 Å². The molecular formula is C6H10F3. The van der Waals surface area contributed by atoms with Gasteiger partial charge in [-0.3, -0.25) is 13.2 Å². The zero-order chi connectivity index (χ0) is 7.33. The van der Waals surface area contributed by atoms with Gasteiger partial charge in [-0.1, -0.05) is 6.92 Å². The maximum absolute atomic E-state index is 11.8. The summed E-state index contributed by atoms with van der Waals surface area (Å²) < 4.78 is 35.4. The summed E-state index contributed by atoms with van der Waals surface area (Å²) in [7, 11) is 0. The SMILES string of the molecule is [CH2]CC(CF)(CF)CF. The molecule has 0 aliphatic heterocycles. The van der Waals surface area contributed by atoms with E-state index in [0.717, 1.165) is 0 Å². The quantitative estimate of drug-likeness (QED) is 0.559. The lowest BCUT2D eigenvalue weighted by Gasteiger charge is -2.20. The summed E-state index contributed by atoms with van der Waals surface area (Å²) in [6.45, 7) is 0.344. The molecule has 0 fully saturated rings. The van der Waals surface area contributed by atoms with Gasteiger partial charge < -0.3 is 0 Å². The van der Waals surface area contributed by atoms with Gasteiger partial charge in [-0.15, -0.1) is 0 Å². The Balaban J connectivity index is 3.82. The lowest BCUT2D eigenvalue weighted by Crippen LogP contribution is -2.27. The molecule has 0 saturated carbocycles. The Morgan fingerprint density at radius 3 is 1.33 bits per heavy atom. The Morgan fingerprint density at radius 1 is 1.00 bits per heavy atom. The number of hydrogen-bond acceptors (Lipinski definition) is 0. The second kappa shape index (κ2) is 3.75. The molecule has 0 aliphatic carbocycles. The lowest BCUT2D eigenvalue weighted by molar-refractivity contribution is 0.115. The molecule has 0 spiro atoms. The Morgan fingerprint density at radius 2 is 1.33 bits per heavy atom. The van der Waals surface area contributed by atoms with Crippen LogP contribution >= 0.6 is 0 Å². The highest BCUT2D eigenvalue weighted by atomic mass is 19.1. The summed E-state index contributed by atoms with van der Waals surface area (Å²) in [4.78, 5) is 0. The van der Waals surface area contributed by atoms with Gasteiger partial charge >= 0.3 is 0 Å². The first-order valence-corrected chi connectivity index (χ1v) is 2.72. The number of halogens is 3. The predicted molar refractivity (Wildman–Crippen MR) is 30.3 cm³/mol. The minimum Gasteiger partial charge on any atom is -0.250 e. The molecule has 0 aromatic heterocycles. The van der Waals surface area contributed by atoms with Crippen LogP contribution in [0.1, 0.15) is 6.42 Å². The lowest BCUT2D eigenvalue weighted by atomic mass is 9.90. The molecule has 0 rings (SSSR count). The first-order valence-electron chi connectivity index (χ1n) is 2.72. The minimum atomic E-state index is -1.44. The van der Waals surface area contributed by atoms with Crippen molar-refractivity contribution in [2.24, 2.45) is 5.41 Å². The van der Waals surface area contributed by atoms with Crippen LogP contribution in [0.15, 0.2) is 0 Å². The van der Waals surface area contributed by atoms with Gasteiger partial charge in [-0.05, 0) is 6.42 Å². The largest absolute Gasteiger partial charge is 0.250 e. The zero-order valence-corrected chi connectivity index (χ0v) is 5.17. The highest BCUT2D eigenvalue weighted by Crippen LogP contribution is 2.23. The molecule has 0 bridgehead atoms. The molecule has 3 heteroatoms. The van der Waals surface area contributed by atoms with Crippen molar-refractivity contribution in [1.82, 2.24) is 0 Å². The third kappa shape index (κ3) is 1.88. The van der Waals surface area contributed by atoms with Gasteiger partial charge in [-0.25, -0.2) is 0 Å². The third-order valence-electron chi connectivity index (χ3n) is 1.38. The van der Waals surface area contributed by atoms with Crippen molar-refractivity contribution in [3.8, 4) is 0 Å². The van der Waals surface area contributed by atoms with Crippen LogP contribution in [0, 0.1) is 12.3 Å². The molecule has 0 amide bonds. The van der Waals surface area contributed by atoms with E-state index in [1.807, 2.05) is 0 Å². The van der Waals surface area contributed by atoms with Crippen LogP contribution in [0.25, 0.3) is 0 Å². The smallest absolute Gasteiger partial charge is 0.100 e. The monoisotopic (exact) mass is 139 g/mol. The molecule has 0 saturated heterocycles. The number of hydrogen-bond donors (Lipinski definition) is 0. The number of rotatable bonds is 4. The molecule has 0 unspecified atom stereocenters. The van der Waals surface area contributed by atoms with Crippen LogP contribution in [0.4, 0.5) is 13.2 Å². The first-order chi connectivity index (χ1) is 4.24. The number of alkyl halides is 3. The second-order valence-electron chi connectivity index (χ2n) is 2.15. The molecule has 0 nitrogen and oxygen atoms in total. The third-order valence-corrected chi connectivity index (χ3v) is 1.38. The fourth-order valence-corrected chi connectivity index (χ4v) is 0.308. The van der Waals surface area contributed by atoms with Gasteiger partial charge in [0.1, 0.15) is 20.0 Å². The summed E-state index contributed by atoms with van der Waals surface area (Å²) >= 11 is 0. The van der Waals surface area contributed by atoms with Crippen LogP contribution < -0.4 is 0 Å². The minimum absolute atomic E-state index is 0.0312. The van der Waals surface area contributed by atoms with Gasteiger partial charge in [-0.2, -0.15) is 0 Å². The summed E-state index contributed by atoms with van der Waals surface area (Å²) in [5.41, 5.74) is -1.44. The average molecular weight is 139 g/mol. The van der Waals surface area contributed by atoms with E-state index >= 15 is 0 Å². The summed E-state index contributed by atoms with van der Waals surface area (Å²) in [6, 6.07) is 0. The maximum atomic E-state index is 11.8. The van der Waals surface area contributed by atoms with Crippen LogP contribution in [0.3, 0.4) is 0 Å². The Kier molecular flexibility index (Phi) is 3.66. The van der Waals surface area contributed by atoms with Gasteiger partial charge in [0.05, 0.1) is 5.41 Å². The van der Waals surface area contributed by atoms with Crippen molar-refractivity contribution in [2.45, 2.75) is 6.42 Å². The molecule has 0 heterocycles. The molecule has 0 aliphatic rings. The molecular weight excluding hydrogens is 129 g/mol. The molecule has 0 aromatic rings. The van der Waals surface area contributed by atoms with Gasteiger partial charge in [0.15, 0.2) is 0 Å². The van der Waals surface area contributed by atoms with Crippen molar-refractivity contribution in [1.29, 1.82) is 0 Å². The van der Waals surface area contributed by atoms with E-state index in [2.05, 4.69) is 6.92 Å². The molecule has 9 heavy (non-hydrogen) atoms. The topological polar surface area (TPSA) is 0 Å². The normalized spacial score (nSPS) is 12.0. The molecule has 0 aromatic carbocycles. The van der Waals surface area contributed by atoms with Crippen LogP contribution in [-0.4, -0.2) is 20.0 Å². The average Bonchev–Trinajstić information content (AvgIpc) is 1.95. The summed E-state index contributed by atoms with van der Waals surface area (Å²) in [6.07, 6.45) is -0.0312. The molecule has 55 valence electrons. The maximum Gasteiger partial charge on any atom is 0.100 e. The van der Waals surface area contributed by atoms with E-state index in [1.54, 1.807) is 0 Å². The van der Waals surface area contributed by atoms with Gasteiger partial charge in [0.2, 0.25) is 0 Å². The Labute approximate surface area is 53.1 Å². The van der Waals surface area contributed by atoms with E-state index in [1.165, 1.54) is 0 Å². The fraction of sp³-hybridized carbons (Fsp3) is 0.833. The molecule has 0 N–H and O–H groups in total. The Hall–Kier alpha value is -0.210. The standard InChI is InChI=1S/C6H10F3/c1-2-6(3-7,4-8)5-9/h1-5H2. The summed E-state index contributed by atoms with van der Waals surface area (Å²) in [5, 5.41) is 0. The summed E-state index contributed by atoms with van der Waals surface area (Å²) in [5.74, 6) is 0. The molecule has 1 radical (unpaired) electrons. The highest BCUT2D eigenvalue weighted by Gasteiger charge is 2.28. The van der Waals surface area contributed by atoms with Crippen molar-refractivity contribution in [2.75, 3.05) is 20.0 Å². The zero-order valence-electron chi connectivity index (χ0n) is 5.17. The van der Waals surface area contributed by atoms with E-state index < -0.39 is 25.4 Å². The van der Waals surface area contributed by atoms with Crippen LogP contribution in [0.2, 0.25) is 0 Å². The van der Waals surface area contributed by atoms with Crippen molar-refractivity contribution >= 4 is 0 Å². The first kappa shape index (κ1) is 8.79. The van der Waals surface area contributed by atoms with E-state index in [0.29, 0.717) is 0 Å². The van der Waals surface area contributed by atoms with Crippen molar-refractivity contribution in [3.63, 3.8) is 0 Å². The van der Waals surface area contributed by atoms with Crippen LogP contribution in [-0.2, 0) is 0 Å². The van der Waals surface area contributed by atoms with Crippen LogP contribution in [0.5, 0.6) is 0 Å². The van der Waals surface area contributed by atoms with Gasteiger partial charge in [0, 0.05) is 0 Å². The van der Waals surface area contributed by atoms with E-state index in [9.17, 15) is 13.2 Å². The predicted octanol–water partition coefficient (Wildman–Crippen LogP) is 2.11.